The molecule has 1 atom stereocenters. The molecule has 100 valence electrons. The number of piperidine rings is 1. The van der Waals surface area contributed by atoms with Crippen LogP contribution in [0.4, 0.5) is 0 Å². The minimum absolute atomic E-state index is 0.0498. The first-order valence-corrected chi connectivity index (χ1v) is 8.32. The van der Waals surface area contributed by atoms with Crippen molar-refractivity contribution in [2.24, 2.45) is 0 Å². The minimum Gasteiger partial charge on any atom is -0.315 e. The second-order valence-electron chi connectivity index (χ2n) is 4.24. The van der Waals surface area contributed by atoms with E-state index in [-0.39, 0.29) is 10.9 Å². The van der Waals surface area contributed by atoms with Crippen LogP contribution in [0.5, 0.6) is 0 Å². The number of sulfonamides is 1. The van der Waals surface area contributed by atoms with Gasteiger partial charge in [-0.3, -0.25) is 0 Å². The summed E-state index contributed by atoms with van der Waals surface area (Å²) in [6.07, 6.45) is 1.84. The van der Waals surface area contributed by atoms with E-state index < -0.39 is 10.0 Å². The zero-order valence-corrected chi connectivity index (χ0v) is 12.8. The van der Waals surface area contributed by atoms with E-state index in [1.807, 2.05) is 0 Å². The second-order valence-corrected chi connectivity index (χ2v) is 7.22. The average Bonchev–Trinajstić information content (AvgIpc) is 2.33. The first-order valence-electron chi connectivity index (χ1n) is 5.67. The molecule has 4 nitrogen and oxygen atoms in total. The number of benzene rings is 1. The van der Waals surface area contributed by atoms with Gasteiger partial charge in [0.15, 0.2) is 0 Å². The fourth-order valence-electron chi connectivity index (χ4n) is 1.88. The summed E-state index contributed by atoms with van der Waals surface area (Å²) in [5.74, 6) is 0. The molecular formula is C11H14BrClN2O2S. The van der Waals surface area contributed by atoms with Gasteiger partial charge in [-0.25, -0.2) is 13.1 Å². The molecule has 0 amide bonds. The van der Waals surface area contributed by atoms with Crippen molar-refractivity contribution in [2.75, 3.05) is 13.1 Å². The lowest BCUT2D eigenvalue weighted by atomic mass is 10.1. The van der Waals surface area contributed by atoms with Crippen molar-refractivity contribution in [3.8, 4) is 0 Å². The maximum absolute atomic E-state index is 12.2. The summed E-state index contributed by atoms with van der Waals surface area (Å²) in [4.78, 5) is 0.196. The highest BCUT2D eigenvalue weighted by Gasteiger charge is 2.22. The van der Waals surface area contributed by atoms with Crippen LogP contribution in [0.25, 0.3) is 0 Å². The smallest absolute Gasteiger partial charge is 0.240 e. The second kappa shape index (κ2) is 5.88. The average molecular weight is 354 g/mol. The van der Waals surface area contributed by atoms with Crippen LogP contribution in [-0.4, -0.2) is 27.5 Å². The molecule has 2 N–H and O–H groups in total. The fourth-order valence-corrected chi connectivity index (χ4v) is 3.67. The van der Waals surface area contributed by atoms with Crippen LogP contribution in [0.1, 0.15) is 12.8 Å². The summed E-state index contributed by atoms with van der Waals surface area (Å²) in [5, 5.41) is 3.56. The third-order valence-electron chi connectivity index (χ3n) is 2.82. The van der Waals surface area contributed by atoms with Gasteiger partial charge in [-0.15, -0.1) is 0 Å². The van der Waals surface area contributed by atoms with E-state index in [1.54, 1.807) is 6.07 Å². The molecule has 2 rings (SSSR count). The lowest BCUT2D eigenvalue weighted by molar-refractivity contribution is 0.428. The zero-order chi connectivity index (χ0) is 13.2. The Balaban J connectivity index is 2.16. The molecule has 0 aliphatic carbocycles. The molecule has 18 heavy (non-hydrogen) atoms. The Kier molecular flexibility index (Phi) is 4.66. The van der Waals surface area contributed by atoms with Crippen molar-refractivity contribution < 1.29 is 8.42 Å². The van der Waals surface area contributed by atoms with Gasteiger partial charge in [-0.1, -0.05) is 11.6 Å². The van der Waals surface area contributed by atoms with E-state index in [2.05, 4.69) is 26.0 Å². The van der Waals surface area contributed by atoms with Crippen LogP contribution in [0.2, 0.25) is 5.02 Å². The normalized spacial score (nSPS) is 20.9. The van der Waals surface area contributed by atoms with E-state index >= 15 is 0 Å². The topological polar surface area (TPSA) is 58.2 Å². The Morgan fingerprint density at radius 2 is 2.22 bits per heavy atom. The third kappa shape index (κ3) is 3.45. The van der Waals surface area contributed by atoms with Crippen molar-refractivity contribution in [3.05, 3.63) is 27.7 Å². The molecule has 7 heteroatoms. The van der Waals surface area contributed by atoms with Crippen LogP contribution >= 0.6 is 27.5 Å². The van der Waals surface area contributed by atoms with E-state index in [4.69, 9.17) is 11.6 Å². The van der Waals surface area contributed by atoms with Crippen LogP contribution in [0.3, 0.4) is 0 Å². The highest BCUT2D eigenvalue weighted by Crippen LogP contribution is 2.25. The first-order chi connectivity index (χ1) is 8.49. The van der Waals surface area contributed by atoms with Gasteiger partial charge in [0.1, 0.15) is 0 Å². The predicted octanol–water partition coefficient (Wildman–Crippen LogP) is 2.13. The van der Waals surface area contributed by atoms with Gasteiger partial charge in [0.05, 0.1) is 9.92 Å². The quantitative estimate of drug-likeness (QED) is 0.875. The summed E-state index contributed by atoms with van der Waals surface area (Å²) < 4.78 is 27.7. The Morgan fingerprint density at radius 1 is 1.44 bits per heavy atom. The molecule has 1 fully saturated rings. The summed E-state index contributed by atoms with van der Waals surface area (Å²) >= 11 is 9.15. The number of nitrogens with one attached hydrogen (secondary N) is 2. The van der Waals surface area contributed by atoms with Gasteiger partial charge in [0.25, 0.3) is 0 Å². The number of hydrogen-bond acceptors (Lipinski definition) is 3. The van der Waals surface area contributed by atoms with Gasteiger partial charge in [0.2, 0.25) is 10.0 Å². The highest BCUT2D eigenvalue weighted by molar-refractivity contribution is 9.10. The van der Waals surface area contributed by atoms with Gasteiger partial charge in [0, 0.05) is 17.1 Å². The van der Waals surface area contributed by atoms with Gasteiger partial charge >= 0.3 is 0 Å². The standard InChI is InChI=1S/C11H14BrClN2O2S/c12-10-4-3-9(6-11(10)13)18(16,17)15-8-2-1-5-14-7-8/h3-4,6,8,14-15H,1-2,5,7H2. The SMILES string of the molecule is O=S(=O)(NC1CCCNC1)c1ccc(Br)c(Cl)c1. The molecule has 0 saturated carbocycles. The van der Waals surface area contributed by atoms with Gasteiger partial charge in [-0.05, 0) is 53.5 Å². The van der Waals surface area contributed by atoms with Crippen molar-refractivity contribution in [1.82, 2.24) is 10.0 Å². The molecule has 0 radical (unpaired) electrons. The largest absolute Gasteiger partial charge is 0.315 e. The van der Waals surface area contributed by atoms with Gasteiger partial charge < -0.3 is 5.32 Å². The maximum atomic E-state index is 12.2. The molecule has 1 aromatic rings. The fraction of sp³-hybridized carbons (Fsp3) is 0.455. The monoisotopic (exact) mass is 352 g/mol. The Bertz CT molecular complexity index is 530. The Morgan fingerprint density at radius 3 is 2.83 bits per heavy atom. The summed E-state index contributed by atoms with van der Waals surface area (Å²) in [5.41, 5.74) is 0. The number of hydrogen-bond donors (Lipinski definition) is 2. The van der Waals surface area contributed by atoms with E-state index in [0.29, 0.717) is 16.0 Å². The first kappa shape index (κ1) is 14.3. The molecule has 1 unspecified atom stereocenters. The van der Waals surface area contributed by atoms with Gasteiger partial charge in [-0.2, -0.15) is 0 Å². The highest BCUT2D eigenvalue weighted by atomic mass is 79.9. The van der Waals surface area contributed by atoms with Crippen LogP contribution in [-0.2, 0) is 10.0 Å². The molecule has 1 saturated heterocycles. The maximum Gasteiger partial charge on any atom is 0.240 e. The van der Waals surface area contributed by atoms with E-state index in [9.17, 15) is 8.42 Å². The molecule has 1 heterocycles. The molecule has 1 aliphatic heterocycles. The Labute approximate surface area is 120 Å². The minimum atomic E-state index is -3.49. The predicted molar refractivity (Wildman–Crippen MR) is 75.4 cm³/mol. The summed E-state index contributed by atoms with van der Waals surface area (Å²) in [6, 6.07) is 4.57. The molecule has 1 aromatic carbocycles. The van der Waals surface area contributed by atoms with E-state index in [1.165, 1.54) is 12.1 Å². The number of halogens is 2. The molecule has 1 aliphatic rings. The van der Waals surface area contributed by atoms with Crippen molar-refractivity contribution in [1.29, 1.82) is 0 Å². The zero-order valence-electron chi connectivity index (χ0n) is 9.62. The van der Waals surface area contributed by atoms with Crippen molar-refractivity contribution in [2.45, 2.75) is 23.8 Å². The van der Waals surface area contributed by atoms with Crippen molar-refractivity contribution >= 4 is 37.6 Å². The lowest BCUT2D eigenvalue weighted by Gasteiger charge is -2.23. The summed E-state index contributed by atoms with van der Waals surface area (Å²) in [7, 11) is -3.49. The molecule has 0 aromatic heterocycles. The molecule has 0 spiro atoms. The lowest BCUT2D eigenvalue weighted by Crippen LogP contribution is -2.45. The molecule has 0 bridgehead atoms. The van der Waals surface area contributed by atoms with Crippen LogP contribution < -0.4 is 10.0 Å². The van der Waals surface area contributed by atoms with E-state index in [0.717, 1.165) is 19.4 Å². The van der Waals surface area contributed by atoms with Crippen LogP contribution in [0.15, 0.2) is 27.6 Å². The third-order valence-corrected chi connectivity index (χ3v) is 5.57. The van der Waals surface area contributed by atoms with Crippen molar-refractivity contribution in [3.63, 3.8) is 0 Å². The Hall–Kier alpha value is -0.140. The summed E-state index contributed by atoms with van der Waals surface area (Å²) in [6.45, 7) is 1.62. The number of rotatable bonds is 3. The molecular weight excluding hydrogens is 340 g/mol. The van der Waals surface area contributed by atoms with Crippen LogP contribution in [0, 0.1) is 0 Å².